The molecule has 0 aliphatic carbocycles. The van der Waals surface area contributed by atoms with E-state index in [0.29, 0.717) is 19.0 Å². The van der Waals surface area contributed by atoms with Crippen molar-refractivity contribution in [3.05, 3.63) is 57.3 Å². The number of aliphatic imine (C=N–C) groups is 1. The van der Waals surface area contributed by atoms with Crippen LogP contribution in [0, 0.1) is 6.92 Å². The molecule has 6 heteroatoms. The Morgan fingerprint density at radius 3 is 3.00 bits per heavy atom. The van der Waals surface area contributed by atoms with E-state index in [1.165, 1.54) is 21.6 Å². The van der Waals surface area contributed by atoms with Crippen LogP contribution in [0.2, 0.25) is 0 Å². The third kappa shape index (κ3) is 4.60. The molecule has 0 atom stereocenters. The minimum absolute atomic E-state index is 0.107. The maximum absolute atomic E-state index is 12.5. The van der Waals surface area contributed by atoms with Crippen molar-refractivity contribution in [2.75, 3.05) is 20.1 Å². The van der Waals surface area contributed by atoms with Gasteiger partial charge in [0.2, 0.25) is 5.91 Å². The highest BCUT2D eigenvalue weighted by atomic mass is 32.1. The average Bonchev–Trinajstić information content (AvgIpc) is 3.09. The van der Waals surface area contributed by atoms with Crippen LogP contribution in [-0.4, -0.2) is 36.9 Å². The van der Waals surface area contributed by atoms with Crippen LogP contribution < -0.4 is 10.6 Å². The van der Waals surface area contributed by atoms with Gasteiger partial charge in [-0.1, -0.05) is 29.8 Å². The van der Waals surface area contributed by atoms with Crippen molar-refractivity contribution in [1.82, 2.24) is 15.5 Å². The van der Waals surface area contributed by atoms with Gasteiger partial charge in [-0.3, -0.25) is 9.79 Å². The molecule has 1 aliphatic heterocycles. The molecule has 2 heterocycles. The van der Waals surface area contributed by atoms with Crippen LogP contribution in [0.3, 0.4) is 0 Å². The Labute approximate surface area is 152 Å². The zero-order chi connectivity index (χ0) is 17.6. The lowest BCUT2D eigenvalue weighted by atomic mass is 10.1. The molecule has 132 valence electrons. The monoisotopic (exact) mass is 356 g/mol. The van der Waals surface area contributed by atoms with E-state index in [-0.39, 0.29) is 12.5 Å². The molecular formula is C19H24N4OS. The van der Waals surface area contributed by atoms with E-state index >= 15 is 0 Å². The summed E-state index contributed by atoms with van der Waals surface area (Å²) >= 11 is 1.78. The molecule has 3 rings (SSSR count). The number of rotatable bonds is 4. The van der Waals surface area contributed by atoms with E-state index in [2.05, 4.69) is 52.2 Å². The second kappa shape index (κ2) is 8.16. The number of hydrogen-bond acceptors (Lipinski definition) is 3. The number of carbonyl (C=O) groups is 1. The molecule has 1 amide bonds. The molecule has 25 heavy (non-hydrogen) atoms. The highest BCUT2D eigenvalue weighted by Gasteiger charge is 2.21. The highest BCUT2D eigenvalue weighted by Crippen LogP contribution is 2.23. The normalized spacial score (nSPS) is 14.2. The first-order chi connectivity index (χ1) is 12.2. The van der Waals surface area contributed by atoms with E-state index in [1.807, 2.05) is 11.0 Å². The van der Waals surface area contributed by atoms with Gasteiger partial charge < -0.3 is 15.5 Å². The van der Waals surface area contributed by atoms with E-state index < -0.39 is 0 Å². The topological polar surface area (TPSA) is 56.7 Å². The van der Waals surface area contributed by atoms with Crippen molar-refractivity contribution in [2.24, 2.45) is 4.99 Å². The second-order valence-electron chi connectivity index (χ2n) is 6.20. The van der Waals surface area contributed by atoms with Crippen LogP contribution in [0.4, 0.5) is 0 Å². The molecular weight excluding hydrogens is 332 g/mol. The van der Waals surface area contributed by atoms with Crippen molar-refractivity contribution in [3.8, 4) is 0 Å². The number of nitrogens with one attached hydrogen (secondary N) is 2. The van der Waals surface area contributed by atoms with Gasteiger partial charge in [-0.25, -0.2) is 0 Å². The van der Waals surface area contributed by atoms with Crippen LogP contribution in [0.1, 0.15) is 21.6 Å². The fraction of sp³-hybridized carbons (Fsp3) is 0.368. The lowest BCUT2D eigenvalue weighted by Crippen LogP contribution is -2.45. The molecule has 0 saturated carbocycles. The van der Waals surface area contributed by atoms with Gasteiger partial charge in [0.15, 0.2) is 5.96 Å². The van der Waals surface area contributed by atoms with E-state index in [4.69, 9.17) is 0 Å². The summed E-state index contributed by atoms with van der Waals surface area (Å²) in [4.78, 5) is 20.0. The molecule has 0 saturated heterocycles. The Hall–Kier alpha value is -2.34. The van der Waals surface area contributed by atoms with Crippen molar-refractivity contribution in [2.45, 2.75) is 26.4 Å². The van der Waals surface area contributed by atoms with Crippen molar-refractivity contribution in [3.63, 3.8) is 0 Å². The number of aryl methyl sites for hydroxylation is 1. The summed E-state index contributed by atoms with van der Waals surface area (Å²) in [6.07, 6.45) is 0.957. The predicted octanol–water partition coefficient (Wildman–Crippen LogP) is 2.31. The van der Waals surface area contributed by atoms with Gasteiger partial charge in [-0.05, 0) is 35.9 Å². The zero-order valence-corrected chi connectivity index (χ0v) is 15.5. The third-order valence-electron chi connectivity index (χ3n) is 4.33. The molecule has 2 aromatic rings. The van der Waals surface area contributed by atoms with E-state index in [9.17, 15) is 4.79 Å². The maximum Gasteiger partial charge on any atom is 0.242 e. The van der Waals surface area contributed by atoms with E-state index in [0.717, 1.165) is 13.0 Å². The summed E-state index contributed by atoms with van der Waals surface area (Å²) in [5.74, 6) is 0.749. The molecule has 5 nitrogen and oxygen atoms in total. The Kier molecular flexibility index (Phi) is 5.71. The van der Waals surface area contributed by atoms with Gasteiger partial charge in [-0.15, -0.1) is 11.3 Å². The van der Waals surface area contributed by atoms with E-state index in [1.54, 1.807) is 18.4 Å². The first-order valence-electron chi connectivity index (χ1n) is 8.49. The molecule has 2 N–H and O–H groups in total. The summed E-state index contributed by atoms with van der Waals surface area (Å²) in [7, 11) is 1.72. The first kappa shape index (κ1) is 17.5. The molecule has 1 aromatic heterocycles. The van der Waals surface area contributed by atoms with Crippen LogP contribution in [0.15, 0.2) is 40.7 Å². The van der Waals surface area contributed by atoms with Gasteiger partial charge in [0.05, 0.1) is 6.54 Å². The number of amides is 1. The SMILES string of the molecule is CN=C(NCC(=O)N1CCc2sccc2C1)NCc1cccc(C)c1. The van der Waals surface area contributed by atoms with Crippen LogP contribution >= 0.6 is 11.3 Å². The quantitative estimate of drug-likeness (QED) is 0.653. The molecule has 0 bridgehead atoms. The summed E-state index contributed by atoms with van der Waals surface area (Å²) in [5, 5.41) is 8.48. The summed E-state index contributed by atoms with van der Waals surface area (Å²) < 4.78 is 0. The van der Waals surface area contributed by atoms with Gasteiger partial charge in [0, 0.05) is 31.6 Å². The lowest BCUT2D eigenvalue weighted by Gasteiger charge is -2.27. The number of guanidine groups is 1. The fourth-order valence-electron chi connectivity index (χ4n) is 2.96. The Bertz CT molecular complexity index is 768. The number of nitrogens with zero attached hydrogens (tertiary/aromatic N) is 2. The van der Waals surface area contributed by atoms with Gasteiger partial charge >= 0.3 is 0 Å². The van der Waals surface area contributed by atoms with Gasteiger partial charge in [0.25, 0.3) is 0 Å². The van der Waals surface area contributed by atoms with Crippen LogP contribution in [0.25, 0.3) is 0 Å². The molecule has 0 fully saturated rings. The summed E-state index contributed by atoms with van der Waals surface area (Å²) in [6, 6.07) is 10.4. The standard InChI is InChI=1S/C19H24N4OS/c1-14-4-3-5-15(10-14)11-21-19(20-2)22-12-18(24)23-8-6-17-16(13-23)7-9-25-17/h3-5,7,9-10H,6,8,11-13H2,1-2H3,(H2,20,21,22). The van der Waals surface area contributed by atoms with Gasteiger partial charge in [0.1, 0.15) is 0 Å². The molecule has 0 spiro atoms. The smallest absolute Gasteiger partial charge is 0.242 e. The van der Waals surface area contributed by atoms with Crippen molar-refractivity contribution < 1.29 is 4.79 Å². The number of fused-ring (bicyclic) bond motifs is 1. The van der Waals surface area contributed by atoms with Crippen LogP contribution in [0.5, 0.6) is 0 Å². The van der Waals surface area contributed by atoms with Crippen molar-refractivity contribution in [1.29, 1.82) is 0 Å². The average molecular weight is 356 g/mol. The Balaban J connectivity index is 1.47. The van der Waals surface area contributed by atoms with Crippen LogP contribution in [-0.2, 0) is 24.3 Å². The number of thiophene rings is 1. The summed E-state index contributed by atoms with van der Waals surface area (Å²) in [6.45, 7) is 4.52. The lowest BCUT2D eigenvalue weighted by molar-refractivity contribution is -0.130. The highest BCUT2D eigenvalue weighted by molar-refractivity contribution is 7.10. The Morgan fingerprint density at radius 1 is 1.32 bits per heavy atom. The van der Waals surface area contributed by atoms with Gasteiger partial charge in [-0.2, -0.15) is 0 Å². The zero-order valence-electron chi connectivity index (χ0n) is 14.7. The fourth-order valence-corrected chi connectivity index (χ4v) is 3.85. The molecule has 1 aromatic carbocycles. The Morgan fingerprint density at radius 2 is 2.20 bits per heavy atom. The molecule has 0 unspecified atom stereocenters. The largest absolute Gasteiger partial charge is 0.352 e. The summed E-state index contributed by atoms with van der Waals surface area (Å²) in [5.41, 5.74) is 3.71. The first-order valence-corrected chi connectivity index (χ1v) is 9.37. The number of benzene rings is 1. The molecule has 0 radical (unpaired) electrons. The van der Waals surface area contributed by atoms with Crippen molar-refractivity contribution >= 4 is 23.2 Å². The molecule has 1 aliphatic rings. The minimum atomic E-state index is 0.107. The number of carbonyl (C=O) groups excluding carboxylic acids is 1. The minimum Gasteiger partial charge on any atom is -0.352 e. The second-order valence-corrected chi connectivity index (χ2v) is 7.20. The predicted molar refractivity (Wildman–Crippen MR) is 103 cm³/mol. The third-order valence-corrected chi connectivity index (χ3v) is 5.36. The number of hydrogen-bond donors (Lipinski definition) is 2. The maximum atomic E-state index is 12.5.